The molecule has 0 rings (SSSR count). The smallest absolute Gasteiger partial charge is 0.462 e. The molecule has 0 aliphatic carbocycles. The van der Waals surface area contributed by atoms with E-state index in [2.05, 4.69) is 160 Å². The molecule has 0 aromatic rings. The number of ether oxygens (including phenoxy) is 2. The topological polar surface area (TPSA) is 134 Å². The van der Waals surface area contributed by atoms with Gasteiger partial charge in [0.2, 0.25) is 0 Å². The van der Waals surface area contributed by atoms with Crippen molar-refractivity contribution < 1.29 is 37.6 Å². The van der Waals surface area contributed by atoms with E-state index >= 15 is 0 Å². The first-order valence-corrected chi connectivity index (χ1v) is 35.8. The molecule has 0 fully saturated rings. The average Bonchev–Trinajstić information content (AvgIpc) is 3.53. The van der Waals surface area contributed by atoms with Gasteiger partial charge in [0.1, 0.15) is 6.61 Å². The fourth-order valence-electron chi connectivity index (χ4n) is 9.23. The maximum atomic E-state index is 12.8. The Kier molecular flexibility index (Phi) is 65.7. The van der Waals surface area contributed by atoms with E-state index in [1.54, 1.807) is 0 Å². The van der Waals surface area contributed by atoms with Gasteiger partial charge >= 0.3 is 19.8 Å². The standard InChI is InChI=1S/C75H126NO8P/c1-3-5-7-9-11-13-15-17-19-21-23-25-27-29-30-31-32-33-34-35-36-37-38-39-40-41-42-44-46-48-50-52-54-56-58-60-62-64-66-68-75(78)84-73(72-83-85(79,80)82-70-69-76)71-81-74(77)67-65-63-61-59-57-55-53-51-49-47-45-43-28-26-24-22-20-18-16-14-12-10-8-6-4-2/h5-8,11-14,17-20,23-26,29-30,32-33,43,45,49,51,73H,3-4,9-10,15-16,21-22,27-28,31,34-42,44,46-48,50,52-72,76H2,1-2H3,(H,79,80)/b7-5-,8-6-,13-11-,14-12-,19-17-,20-18-,25-23-,26-24-,30-29-,33-32-,45-43-,51-49-. The number of nitrogens with two attached hydrogens (primary N) is 1. The Balaban J connectivity index is 3.90. The van der Waals surface area contributed by atoms with Crippen LogP contribution in [0.15, 0.2) is 146 Å². The molecular formula is C75H126NO8P. The number of esters is 2. The largest absolute Gasteiger partial charge is 0.472 e. The lowest BCUT2D eigenvalue weighted by Crippen LogP contribution is -2.29. The molecule has 2 unspecified atom stereocenters. The summed E-state index contributed by atoms with van der Waals surface area (Å²) in [6, 6.07) is 0. The van der Waals surface area contributed by atoms with Gasteiger partial charge in [-0.25, -0.2) is 4.57 Å². The van der Waals surface area contributed by atoms with Crippen LogP contribution in [0.5, 0.6) is 0 Å². The third-order valence-corrected chi connectivity index (χ3v) is 15.2. The molecule has 0 spiro atoms. The highest BCUT2D eigenvalue weighted by molar-refractivity contribution is 7.47. The van der Waals surface area contributed by atoms with Crippen LogP contribution >= 0.6 is 7.82 Å². The zero-order valence-electron chi connectivity index (χ0n) is 54.3. The van der Waals surface area contributed by atoms with E-state index in [1.165, 1.54) is 109 Å². The van der Waals surface area contributed by atoms with Crippen LogP contribution in [0.1, 0.15) is 284 Å². The monoisotopic (exact) mass is 1200 g/mol. The van der Waals surface area contributed by atoms with Crippen LogP contribution in [-0.2, 0) is 32.7 Å². The fraction of sp³-hybridized carbons (Fsp3) is 0.653. The number of hydrogen-bond donors (Lipinski definition) is 2. The number of phosphoric ester groups is 1. The minimum Gasteiger partial charge on any atom is -0.462 e. The van der Waals surface area contributed by atoms with E-state index < -0.39 is 32.5 Å². The van der Waals surface area contributed by atoms with Gasteiger partial charge < -0.3 is 20.1 Å². The second-order valence-electron chi connectivity index (χ2n) is 22.3. The summed E-state index contributed by atoms with van der Waals surface area (Å²) in [6.07, 6.45) is 99.3. The first-order chi connectivity index (χ1) is 41.8. The van der Waals surface area contributed by atoms with Gasteiger partial charge in [-0.1, -0.05) is 301 Å². The average molecular weight is 1200 g/mol. The molecule has 0 saturated heterocycles. The van der Waals surface area contributed by atoms with Crippen molar-refractivity contribution >= 4 is 19.8 Å². The van der Waals surface area contributed by atoms with Gasteiger partial charge in [-0.15, -0.1) is 0 Å². The van der Waals surface area contributed by atoms with Crippen LogP contribution < -0.4 is 5.73 Å². The molecule has 3 N–H and O–H groups in total. The second kappa shape index (κ2) is 69.0. The number of allylic oxidation sites excluding steroid dienone is 24. The summed E-state index contributed by atoms with van der Waals surface area (Å²) < 4.78 is 33.1. The van der Waals surface area contributed by atoms with Crippen molar-refractivity contribution in [3.63, 3.8) is 0 Å². The third kappa shape index (κ3) is 68.9. The maximum absolute atomic E-state index is 12.8. The summed E-state index contributed by atoms with van der Waals surface area (Å²) >= 11 is 0. The van der Waals surface area contributed by atoms with Gasteiger partial charge in [0, 0.05) is 19.4 Å². The molecule has 0 heterocycles. The van der Waals surface area contributed by atoms with Crippen molar-refractivity contribution in [2.75, 3.05) is 26.4 Å². The maximum Gasteiger partial charge on any atom is 0.472 e. The number of unbranched alkanes of at least 4 members (excludes halogenated alkanes) is 26. The fourth-order valence-corrected chi connectivity index (χ4v) is 10.00. The predicted octanol–water partition coefficient (Wildman–Crippen LogP) is 22.6. The number of carbonyl (C=O) groups excluding carboxylic acids is 2. The van der Waals surface area contributed by atoms with Crippen molar-refractivity contribution in [1.29, 1.82) is 0 Å². The highest BCUT2D eigenvalue weighted by atomic mass is 31.2. The van der Waals surface area contributed by atoms with Gasteiger partial charge in [-0.3, -0.25) is 18.6 Å². The molecule has 0 aromatic carbocycles. The highest BCUT2D eigenvalue weighted by Crippen LogP contribution is 2.43. The molecule has 2 atom stereocenters. The Bertz CT molecular complexity index is 1900. The van der Waals surface area contributed by atoms with Gasteiger partial charge in [0.05, 0.1) is 13.2 Å². The van der Waals surface area contributed by atoms with Crippen LogP contribution in [0.2, 0.25) is 0 Å². The normalized spacial score (nSPS) is 13.9. The van der Waals surface area contributed by atoms with Gasteiger partial charge in [-0.2, -0.15) is 0 Å². The Morgan fingerprint density at radius 3 is 0.906 bits per heavy atom. The van der Waals surface area contributed by atoms with Crippen molar-refractivity contribution in [3.8, 4) is 0 Å². The minimum atomic E-state index is -4.40. The third-order valence-electron chi connectivity index (χ3n) is 14.2. The zero-order valence-corrected chi connectivity index (χ0v) is 55.2. The Hall–Kier alpha value is -4.11. The van der Waals surface area contributed by atoms with Crippen molar-refractivity contribution in [2.45, 2.75) is 290 Å². The summed E-state index contributed by atoms with van der Waals surface area (Å²) in [5, 5.41) is 0. The van der Waals surface area contributed by atoms with Crippen LogP contribution in [0.25, 0.3) is 0 Å². The molecule has 0 aliphatic heterocycles. The lowest BCUT2D eigenvalue weighted by Gasteiger charge is -2.19. The first-order valence-electron chi connectivity index (χ1n) is 34.3. The highest BCUT2D eigenvalue weighted by Gasteiger charge is 2.26. The summed E-state index contributed by atoms with van der Waals surface area (Å²) in [5.41, 5.74) is 5.40. The van der Waals surface area contributed by atoms with Crippen LogP contribution in [0.4, 0.5) is 0 Å². The van der Waals surface area contributed by atoms with E-state index in [9.17, 15) is 19.0 Å². The van der Waals surface area contributed by atoms with Gasteiger partial charge in [0.15, 0.2) is 6.10 Å². The summed E-state index contributed by atoms with van der Waals surface area (Å²) in [4.78, 5) is 35.3. The summed E-state index contributed by atoms with van der Waals surface area (Å²) in [6.45, 7) is 3.51. The number of carbonyl (C=O) groups is 2. The van der Waals surface area contributed by atoms with E-state index in [1.807, 2.05) is 0 Å². The Labute approximate surface area is 522 Å². The Morgan fingerprint density at radius 2 is 0.612 bits per heavy atom. The molecule has 10 heteroatoms. The molecule has 0 saturated carbocycles. The molecule has 0 aliphatic rings. The summed E-state index contributed by atoms with van der Waals surface area (Å²) in [5.74, 6) is -0.844. The van der Waals surface area contributed by atoms with Crippen LogP contribution in [-0.4, -0.2) is 49.3 Å². The van der Waals surface area contributed by atoms with Crippen LogP contribution in [0.3, 0.4) is 0 Å². The quantitative estimate of drug-likeness (QED) is 0.0264. The summed E-state index contributed by atoms with van der Waals surface area (Å²) in [7, 11) is -4.40. The lowest BCUT2D eigenvalue weighted by molar-refractivity contribution is -0.161. The molecular weight excluding hydrogens is 1070 g/mol. The molecule has 85 heavy (non-hydrogen) atoms. The zero-order chi connectivity index (χ0) is 61.6. The molecule has 0 radical (unpaired) electrons. The van der Waals surface area contributed by atoms with Gasteiger partial charge in [-0.05, 0) is 116 Å². The number of hydrogen-bond acceptors (Lipinski definition) is 8. The number of phosphoric acid groups is 1. The van der Waals surface area contributed by atoms with E-state index in [-0.39, 0.29) is 32.6 Å². The van der Waals surface area contributed by atoms with E-state index in [0.29, 0.717) is 12.8 Å². The number of rotatable bonds is 63. The predicted molar refractivity (Wildman–Crippen MR) is 367 cm³/mol. The van der Waals surface area contributed by atoms with Crippen molar-refractivity contribution in [3.05, 3.63) is 146 Å². The molecule has 9 nitrogen and oxygen atoms in total. The molecule has 484 valence electrons. The SMILES string of the molecule is CC/C=C\C/C=C\C/C=C\C/C=C\C/C=C\C/C=C\CCCCCCCCCCCCCCCCCCCCCCC(=O)OC(COC(=O)CCCCCCCC/C=C\C/C=C\C/C=C\C/C=C\C/C=C\C/C=C\CC)COP(=O)(O)OCCN. The van der Waals surface area contributed by atoms with Gasteiger partial charge in [0.25, 0.3) is 0 Å². The van der Waals surface area contributed by atoms with Crippen molar-refractivity contribution in [2.24, 2.45) is 5.73 Å². The molecule has 0 bridgehead atoms. The Morgan fingerprint density at radius 1 is 0.353 bits per heavy atom. The molecule has 0 amide bonds. The molecule has 0 aromatic heterocycles. The van der Waals surface area contributed by atoms with E-state index in [4.69, 9.17) is 24.3 Å². The van der Waals surface area contributed by atoms with E-state index in [0.717, 1.165) is 135 Å². The second-order valence-corrected chi connectivity index (χ2v) is 23.7. The lowest BCUT2D eigenvalue weighted by atomic mass is 10.0. The van der Waals surface area contributed by atoms with Crippen LogP contribution in [0, 0.1) is 0 Å². The minimum absolute atomic E-state index is 0.0457. The first kappa shape index (κ1) is 80.9. The van der Waals surface area contributed by atoms with Crippen molar-refractivity contribution in [1.82, 2.24) is 0 Å².